The molecule has 2 fully saturated rings. The van der Waals surface area contributed by atoms with Gasteiger partial charge in [-0.25, -0.2) is 0 Å². The summed E-state index contributed by atoms with van der Waals surface area (Å²) in [5.41, 5.74) is 3.13. The molecule has 0 radical (unpaired) electrons. The van der Waals surface area contributed by atoms with Crippen molar-refractivity contribution in [3.8, 4) is 0 Å². The number of methoxy groups -OCH3 is 1. The molecule has 2 aliphatic rings. The second-order valence-electron chi connectivity index (χ2n) is 7.33. The van der Waals surface area contributed by atoms with E-state index in [-0.39, 0.29) is 0 Å². The molecule has 0 unspecified atom stereocenters. The van der Waals surface area contributed by atoms with Crippen LogP contribution in [0, 0.1) is 5.92 Å². The first kappa shape index (κ1) is 15.1. The van der Waals surface area contributed by atoms with E-state index in [1.807, 2.05) is 7.11 Å². The Morgan fingerprint density at radius 3 is 1.57 bits per heavy atom. The zero-order valence-electron chi connectivity index (χ0n) is 13.7. The van der Waals surface area contributed by atoms with Crippen LogP contribution in [0.4, 0.5) is 0 Å². The first-order valence-corrected chi connectivity index (χ1v) is 8.89. The maximum Gasteiger partial charge on any atom is 0.0571 e. The normalized spacial score (nSPS) is 33.8. The topological polar surface area (TPSA) is 9.23 Å². The summed E-state index contributed by atoms with van der Waals surface area (Å²) < 4.78 is 5.48. The number of hydrogen-bond acceptors (Lipinski definition) is 1. The van der Waals surface area contributed by atoms with Crippen molar-refractivity contribution in [3.63, 3.8) is 0 Å². The van der Waals surface area contributed by atoms with Gasteiger partial charge < -0.3 is 4.74 Å². The minimum Gasteiger partial charge on any atom is -0.381 e. The Morgan fingerprint density at radius 2 is 1.14 bits per heavy atom. The Bertz CT molecular complexity index is 420. The highest BCUT2D eigenvalue weighted by atomic mass is 16.5. The van der Waals surface area contributed by atoms with Gasteiger partial charge in [0.1, 0.15) is 0 Å². The highest BCUT2D eigenvalue weighted by molar-refractivity contribution is 5.28. The summed E-state index contributed by atoms with van der Waals surface area (Å²) in [4.78, 5) is 0. The molecule has 116 valence electrons. The number of rotatable bonds is 3. The van der Waals surface area contributed by atoms with E-state index in [0.29, 0.717) is 6.10 Å². The van der Waals surface area contributed by atoms with Gasteiger partial charge in [0.25, 0.3) is 0 Å². The molecule has 0 aliphatic heterocycles. The first-order valence-electron chi connectivity index (χ1n) is 8.89. The van der Waals surface area contributed by atoms with Crippen molar-refractivity contribution in [2.75, 3.05) is 7.11 Å². The van der Waals surface area contributed by atoms with Gasteiger partial charge in [-0.2, -0.15) is 0 Å². The van der Waals surface area contributed by atoms with Gasteiger partial charge in [0.15, 0.2) is 0 Å². The Kier molecular flexibility index (Phi) is 5.00. The molecule has 0 atom stereocenters. The van der Waals surface area contributed by atoms with Crippen molar-refractivity contribution in [3.05, 3.63) is 35.4 Å². The summed E-state index contributed by atoms with van der Waals surface area (Å²) in [6.07, 6.45) is 11.1. The molecular formula is C20H30O. The molecule has 3 rings (SSSR count). The molecule has 1 nitrogen and oxygen atoms in total. The van der Waals surface area contributed by atoms with Crippen LogP contribution in [0.5, 0.6) is 0 Å². The van der Waals surface area contributed by atoms with Crippen LogP contribution in [0.3, 0.4) is 0 Å². The standard InChI is InChI=1S/C20H30O/c1-15-3-5-16(6-4-15)17-7-9-18(10-8-17)19-11-13-20(21-2)14-12-19/h7-10,15-16,19-20H,3-6,11-14H2,1-2H3. The molecule has 1 aromatic rings. The van der Waals surface area contributed by atoms with Gasteiger partial charge in [0.2, 0.25) is 0 Å². The van der Waals surface area contributed by atoms with E-state index in [2.05, 4.69) is 31.2 Å². The molecule has 21 heavy (non-hydrogen) atoms. The molecule has 0 N–H and O–H groups in total. The monoisotopic (exact) mass is 286 g/mol. The van der Waals surface area contributed by atoms with Gasteiger partial charge in [0.05, 0.1) is 6.10 Å². The third-order valence-electron chi connectivity index (χ3n) is 5.90. The van der Waals surface area contributed by atoms with Crippen molar-refractivity contribution < 1.29 is 4.74 Å². The Morgan fingerprint density at radius 1 is 0.714 bits per heavy atom. The predicted octanol–water partition coefficient (Wildman–Crippen LogP) is 5.65. The molecule has 1 heteroatoms. The molecule has 1 aromatic carbocycles. The molecule has 2 aliphatic carbocycles. The summed E-state index contributed by atoms with van der Waals surface area (Å²) in [7, 11) is 1.85. The van der Waals surface area contributed by atoms with Gasteiger partial charge in [0, 0.05) is 7.11 Å². The lowest BCUT2D eigenvalue weighted by atomic mass is 9.78. The largest absolute Gasteiger partial charge is 0.381 e. The molecular weight excluding hydrogens is 256 g/mol. The molecule has 2 saturated carbocycles. The predicted molar refractivity (Wildman–Crippen MR) is 88.8 cm³/mol. The molecule has 0 amide bonds. The van der Waals surface area contributed by atoms with Gasteiger partial charge in [-0.05, 0) is 67.4 Å². The van der Waals surface area contributed by atoms with Crippen molar-refractivity contribution in [2.24, 2.45) is 5.92 Å². The van der Waals surface area contributed by atoms with E-state index in [1.165, 1.54) is 51.4 Å². The second kappa shape index (κ2) is 6.96. The van der Waals surface area contributed by atoms with E-state index in [1.54, 1.807) is 11.1 Å². The highest BCUT2D eigenvalue weighted by Crippen LogP contribution is 2.37. The smallest absolute Gasteiger partial charge is 0.0571 e. The minimum absolute atomic E-state index is 0.504. The highest BCUT2D eigenvalue weighted by Gasteiger charge is 2.23. The van der Waals surface area contributed by atoms with Crippen molar-refractivity contribution in [2.45, 2.75) is 76.2 Å². The van der Waals surface area contributed by atoms with Gasteiger partial charge >= 0.3 is 0 Å². The lowest BCUT2D eigenvalue weighted by Crippen LogP contribution is -2.19. The molecule has 0 spiro atoms. The quantitative estimate of drug-likeness (QED) is 0.697. The first-order chi connectivity index (χ1) is 10.3. The van der Waals surface area contributed by atoms with E-state index >= 15 is 0 Å². The number of benzene rings is 1. The summed E-state index contributed by atoms with van der Waals surface area (Å²) in [5, 5.41) is 0. The summed E-state index contributed by atoms with van der Waals surface area (Å²) >= 11 is 0. The maximum atomic E-state index is 5.48. The molecule has 0 heterocycles. The van der Waals surface area contributed by atoms with E-state index in [0.717, 1.165) is 17.8 Å². The number of ether oxygens (including phenoxy) is 1. The summed E-state index contributed by atoms with van der Waals surface area (Å²) in [6.45, 7) is 2.40. The average Bonchev–Trinajstić information content (AvgIpc) is 2.56. The Balaban J connectivity index is 1.59. The molecule has 0 aromatic heterocycles. The van der Waals surface area contributed by atoms with E-state index < -0.39 is 0 Å². The zero-order chi connectivity index (χ0) is 14.7. The van der Waals surface area contributed by atoms with E-state index in [9.17, 15) is 0 Å². The lowest BCUT2D eigenvalue weighted by molar-refractivity contribution is 0.0658. The van der Waals surface area contributed by atoms with Gasteiger partial charge in [-0.3, -0.25) is 0 Å². The van der Waals surface area contributed by atoms with Crippen molar-refractivity contribution >= 4 is 0 Å². The summed E-state index contributed by atoms with van der Waals surface area (Å²) in [5.74, 6) is 2.52. The van der Waals surface area contributed by atoms with Crippen LogP contribution in [0.15, 0.2) is 24.3 Å². The van der Waals surface area contributed by atoms with Crippen LogP contribution in [-0.2, 0) is 4.74 Å². The minimum atomic E-state index is 0.504. The fourth-order valence-corrected chi connectivity index (χ4v) is 4.27. The molecule has 0 bridgehead atoms. The Labute approximate surface area is 130 Å². The lowest BCUT2D eigenvalue weighted by Gasteiger charge is -2.29. The van der Waals surface area contributed by atoms with Gasteiger partial charge in [-0.1, -0.05) is 44.0 Å². The third-order valence-corrected chi connectivity index (χ3v) is 5.90. The third kappa shape index (κ3) is 3.69. The van der Waals surface area contributed by atoms with Crippen LogP contribution in [0.2, 0.25) is 0 Å². The van der Waals surface area contributed by atoms with Crippen molar-refractivity contribution in [1.82, 2.24) is 0 Å². The van der Waals surface area contributed by atoms with Crippen molar-refractivity contribution in [1.29, 1.82) is 0 Å². The van der Waals surface area contributed by atoms with Crippen LogP contribution >= 0.6 is 0 Å². The van der Waals surface area contributed by atoms with Crippen LogP contribution in [0.1, 0.15) is 81.3 Å². The SMILES string of the molecule is COC1CCC(c2ccc(C3CCC(C)CC3)cc2)CC1. The zero-order valence-corrected chi connectivity index (χ0v) is 13.7. The number of hydrogen-bond donors (Lipinski definition) is 0. The molecule has 0 saturated heterocycles. The Hall–Kier alpha value is -0.820. The fourth-order valence-electron chi connectivity index (χ4n) is 4.27. The van der Waals surface area contributed by atoms with Crippen LogP contribution in [-0.4, -0.2) is 13.2 Å². The van der Waals surface area contributed by atoms with Crippen LogP contribution in [0.25, 0.3) is 0 Å². The van der Waals surface area contributed by atoms with E-state index in [4.69, 9.17) is 4.74 Å². The van der Waals surface area contributed by atoms with Crippen LogP contribution < -0.4 is 0 Å². The maximum absolute atomic E-state index is 5.48. The fraction of sp³-hybridized carbons (Fsp3) is 0.700. The van der Waals surface area contributed by atoms with Gasteiger partial charge in [-0.15, -0.1) is 0 Å². The average molecular weight is 286 g/mol. The summed E-state index contributed by atoms with van der Waals surface area (Å²) in [6, 6.07) is 9.65. The second-order valence-corrected chi connectivity index (χ2v) is 7.33.